The number of carbonyl (C=O) groups is 3. The molecule has 3 saturated heterocycles. The lowest BCUT2D eigenvalue weighted by atomic mass is 9.90. The van der Waals surface area contributed by atoms with Crippen LogP contribution in [0.1, 0.15) is 183 Å². The molecule has 6 aromatic heterocycles. The second kappa shape index (κ2) is 33.4. The van der Waals surface area contributed by atoms with E-state index >= 15 is 0 Å². The van der Waals surface area contributed by atoms with Gasteiger partial charge in [0.2, 0.25) is 0 Å². The van der Waals surface area contributed by atoms with Crippen LogP contribution in [0.25, 0.3) is 52.0 Å². The Balaban J connectivity index is 0.000000130. The van der Waals surface area contributed by atoms with Crippen LogP contribution in [-0.2, 0) is 19.3 Å². The van der Waals surface area contributed by atoms with E-state index in [9.17, 15) is 14.4 Å². The number of allylic oxidation sites excluding steroid dienone is 3. The Morgan fingerprint density at radius 3 is 1.08 bits per heavy atom. The van der Waals surface area contributed by atoms with Crippen LogP contribution < -0.4 is 16.3 Å². The molecule has 0 radical (unpaired) electrons. The predicted molar refractivity (Wildman–Crippen MR) is 427 cm³/mol. The van der Waals surface area contributed by atoms with E-state index in [4.69, 9.17) is 96.5 Å². The molecule has 4 fully saturated rings. The lowest BCUT2D eigenvalue weighted by molar-refractivity contribution is 0.0741. The van der Waals surface area contributed by atoms with Crippen molar-refractivity contribution in [3.63, 3.8) is 0 Å². The summed E-state index contributed by atoms with van der Waals surface area (Å²) < 4.78 is 8.40. The number of fused-ring (bicyclic) bond motifs is 4. The molecule has 4 aliphatic carbocycles. The summed E-state index contributed by atoms with van der Waals surface area (Å²) in [5.74, 6) is 0.938. The average Bonchev–Trinajstić information content (AvgIpc) is 1.77. The number of piperidine rings is 1. The van der Waals surface area contributed by atoms with E-state index in [0.717, 1.165) is 211 Å². The minimum atomic E-state index is -0.155. The third-order valence-corrected chi connectivity index (χ3v) is 25.7. The van der Waals surface area contributed by atoms with E-state index in [0.29, 0.717) is 64.7 Å². The van der Waals surface area contributed by atoms with E-state index < -0.39 is 0 Å². The van der Waals surface area contributed by atoms with E-state index in [2.05, 4.69) is 83.5 Å². The van der Waals surface area contributed by atoms with Crippen molar-refractivity contribution in [3.05, 3.63) is 199 Å². The van der Waals surface area contributed by atoms with E-state index in [-0.39, 0.29) is 17.7 Å². The Kier molecular flexibility index (Phi) is 24.1. The first-order chi connectivity index (χ1) is 49.4. The fraction of sp³-hybridized carbons (Fsp3) is 0.360. The number of hydrogen-bond acceptors (Lipinski definition) is 12. The third kappa shape index (κ3) is 17.0. The van der Waals surface area contributed by atoms with Gasteiger partial charge in [-0.3, -0.25) is 30.7 Å². The minimum absolute atomic E-state index is 0.148. The van der Waals surface area contributed by atoms with E-state index in [1.54, 1.807) is 59.1 Å². The number of hydrazine groups is 3. The molecule has 16 rings (SSSR count). The van der Waals surface area contributed by atoms with Gasteiger partial charge in [-0.25, -0.2) is 29.1 Å². The lowest BCUT2D eigenvalue weighted by Crippen LogP contribution is -2.45. The van der Waals surface area contributed by atoms with Crippen LogP contribution in [0.15, 0.2) is 98.6 Å². The Bertz CT molecular complexity index is 4720. The summed E-state index contributed by atoms with van der Waals surface area (Å²) in [6.45, 7) is 5.33. The van der Waals surface area contributed by atoms with Gasteiger partial charge >= 0.3 is 0 Å². The summed E-state index contributed by atoms with van der Waals surface area (Å²) >= 11 is 56.5. The molecule has 102 heavy (non-hydrogen) atoms. The van der Waals surface area contributed by atoms with Crippen LogP contribution in [0, 0.1) is 11.8 Å². The zero-order valence-electron chi connectivity index (χ0n) is 55.6. The van der Waals surface area contributed by atoms with Gasteiger partial charge in [0, 0.05) is 85.7 Å². The molecule has 9 heterocycles. The standard InChI is InChI=1S/C26H25Cl3N4OS.C25H25BrCl2N4OS.C24H23BrCl2N4OS/c27-18-7-9-22(21(28)12-18)33-25-15(11-19-8-10-23(29)35-19)3-2-6-20(25)24(30-33)26(34)31-32-13-16-4-1-5-17(16)14-32;26-22-11-9-18(34-22)14-16-6-5-7-19-23(25(33)30-31-12-3-1-2-4-13-31)29-32(24(16)19)21-10-8-17(27)15-20(21)28;25-21-10-8-17(33-21)13-15-5-4-6-18-22(24(32)29-30-11-2-1-3-12-30)28-31(23(15)18)20-9-7-16(26)14-19(20)27/h7-12,16-17H,1-6,13-14H2,(H,31,34);8-11,14-15H,1-7,12-13H2,(H,30,33);7-10,13-14H,1-6,11-12H2,(H,29,32)/b15-11+;16-14+;15-13+. The molecule has 0 spiro atoms. The number of hydrogen-bond donors (Lipinski definition) is 3. The lowest BCUT2D eigenvalue weighted by Gasteiger charge is -2.26. The molecule has 3 N–H and O–H groups in total. The fourth-order valence-electron chi connectivity index (χ4n) is 15.1. The molecule has 3 aromatic carbocycles. The largest absolute Gasteiger partial charge is 0.286 e. The van der Waals surface area contributed by atoms with Gasteiger partial charge in [0.1, 0.15) is 0 Å². The fourth-order valence-corrected chi connectivity index (χ4v) is 20.3. The highest BCUT2D eigenvalue weighted by Gasteiger charge is 2.39. The van der Waals surface area contributed by atoms with Crippen molar-refractivity contribution in [1.82, 2.24) is 60.6 Å². The number of aromatic nitrogens is 6. The van der Waals surface area contributed by atoms with Crippen molar-refractivity contribution in [2.24, 2.45) is 11.8 Å². The molecule has 2 atom stereocenters. The normalized spacial score (nSPS) is 19.7. The van der Waals surface area contributed by atoms with E-state index in [1.807, 2.05) is 66.5 Å². The van der Waals surface area contributed by atoms with Crippen molar-refractivity contribution in [2.45, 2.75) is 122 Å². The minimum Gasteiger partial charge on any atom is -0.283 e. The second-order valence-corrected chi connectivity index (χ2v) is 35.9. The molecule has 9 aromatic rings. The van der Waals surface area contributed by atoms with Crippen LogP contribution in [0.3, 0.4) is 0 Å². The number of nitrogens with zero attached hydrogens (tertiary/aromatic N) is 9. The smallest absolute Gasteiger partial charge is 0.283 e. The van der Waals surface area contributed by atoms with Crippen molar-refractivity contribution in [2.75, 3.05) is 39.3 Å². The highest BCUT2D eigenvalue weighted by atomic mass is 79.9. The third-order valence-electron chi connectivity index (χ3n) is 19.7. The molecule has 15 nitrogen and oxygen atoms in total. The first kappa shape index (κ1) is 73.8. The predicted octanol–water partition coefficient (Wildman–Crippen LogP) is 21.6. The Morgan fingerprint density at radius 1 is 0.402 bits per heavy atom. The van der Waals surface area contributed by atoms with Gasteiger partial charge in [0.25, 0.3) is 17.7 Å². The van der Waals surface area contributed by atoms with E-state index in [1.165, 1.54) is 49.9 Å². The zero-order valence-corrected chi connectivity index (χ0v) is 66.5. The summed E-state index contributed by atoms with van der Waals surface area (Å²) in [6, 6.07) is 28.3. The maximum atomic E-state index is 13.5. The highest BCUT2D eigenvalue weighted by molar-refractivity contribution is 9.11. The first-order valence-corrected chi connectivity index (χ1v) is 41.4. The van der Waals surface area contributed by atoms with Gasteiger partial charge in [0.15, 0.2) is 17.1 Å². The highest BCUT2D eigenvalue weighted by Crippen LogP contribution is 2.44. The van der Waals surface area contributed by atoms with Crippen LogP contribution in [-0.4, -0.2) is 101 Å². The quantitative estimate of drug-likeness (QED) is 0.109. The molecule has 3 amide bonds. The number of benzene rings is 3. The van der Waals surface area contributed by atoms with Crippen molar-refractivity contribution >= 4 is 200 Å². The van der Waals surface area contributed by atoms with Gasteiger partial charge < -0.3 is 0 Å². The Labute approximate surface area is 657 Å². The second-order valence-electron chi connectivity index (χ2n) is 26.7. The molecular weight excluding hydrogens is 1620 g/mol. The van der Waals surface area contributed by atoms with Gasteiger partial charge in [-0.05, 0) is 266 Å². The summed E-state index contributed by atoms with van der Waals surface area (Å²) in [4.78, 5) is 43.7. The number of amides is 3. The van der Waals surface area contributed by atoms with Crippen molar-refractivity contribution in [3.8, 4) is 17.1 Å². The summed E-state index contributed by atoms with van der Waals surface area (Å²) in [5.41, 5.74) is 22.1. The van der Waals surface area contributed by atoms with Crippen molar-refractivity contribution in [1.29, 1.82) is 0 Å². The topological polar surface area (TPSA) is 150 Å². The molecule has 1 saturated carbocycles. The molecule has 27 heteroatoms. The number of carbonyl (C=O) groups excluding carboxylic acids is 3. The molecular formula is C75H73Br2Cl7N12O3S3. The molecule has 0 bridgehead atoms. The maximum absolute atomic E-state index is 13.5. The van der Waals surface area contributed by atoms with Crippen LogP contribution in [0.2, 0.25) is 34.5 Å². The summed E-state index contributed by atoms with van der Waals surface area (Å²) in [7, 11) is 0. The van der Waals surface area contributed by atoms with Gasteiger partial charge in [-0.1, -0.05) is 107 Å². The average molecular weight is 1690 g/mol. The maximum Gasteiger partial charge on any atom is 0.286 e. The Hall–Kier alpha value is -5.11. The van der Waals surface area contributed by atoms with Crippen LogP contribution >= 0.6 is 147 Å². The number of thiophene rings is 3. The number of nitrogens with one attached hydrogen (secondary N) is 3. The monoisotopic (exact) mass is 1690 g/mol. The SMILES string of the molecule is O=C(NN1CC2CCCC2C1)c1nn(-c2ccc(Cl)cc2Cl)c2c1CCC/C2=C\c1ccc(Cl)s1.O=C(NN1CCCCC1)c1nn(-c2ccc(Cl)cc2Cl)c2c1CCC/C2=C\c1ccc(Br)s1.O=C(NN1CCCCCC1)c1nn(-c2ccc(Cl)cc2Cl)c2c1CCC/C2=C\c1ccc(Br)s1. The van der Waals surface area contributed by atoms with Crippen molar-refractivity contribution < 1.29 is 14.4 Å². The molecule has 3 aliphatic heterocycles. The van der Waals surface area contributed by atoms with Crippen LogP contribution in [0.5, 0.6) is 0 Å². The first-order valence-electron chi connectivity index (χ1n) is 34.7. The molecule has 532 valence electrons. The number of rotatable bonds is 12. The Morgan fingerprint density at radius 2 is 0.745 bits per heavy atom. The summed E-state index contributed by atoms with van der Waals surface area (Å²) in [6.07, 6.45) is 26.4. The summed E-state index contributed by atoms with van der Waals surface area (Å²) in [5, 5.41) is 23.8. The van der Waals surface area contributed by atoms with Gasteiger partial charge in [0.05, 0.1) is 61.1 Å². The number of halogens is 9. The zero-order chi connectivity index (χ0) is 70.7. The van der Waals surface area contributed by atoms with Crippen LogP contribution in [0.4, 0.5) is 0 Å². The van der Waals surface area contributed by atoms with Gasteiger partial charge in [-0.15, -0.1) is 34.0 Å². The molecule has 2 unspecified atom stereocenters. The van der Waals surface area contributed by atoms with Gasteiger partial charge in [-0.2, -0.15) is 15.3 Å². The molecule has 7 aliphatic rings.